The summed E-state index contributed by atoms with van der Waals surface area (Å²) >= 11 is 0. The van der Waals surface area contributed by atoms with Crippen LogP contribution in [0.2, 0.25) is 0 Å². The minimum absolute atomic E-state index is 0. The number of nitrogens with one attached hydrogen (secondary N) is 1. The molecule has 0 bridgehead atoms. The van der Waals surface area contributed by atoms with Gasteiger partial charge in [-0.1, -0.05) is 60.7 Å². The van der Waals surface area contributed by atoms with Gasteiger partial charge in [-0.15, -0.1) is 24.0 Å². The van der Waals surface area contributed by atoms with Crippen LogP contribution in [0.5, 0.6) is 0 Å². The molecule has 4 rings (SSSR count). The van der Waals surface area contributed by atoms with Crippen LogP contribution >= 0.6 is 24.0 Å². The summed E-state index contributed by atoms with van der Waals surface area (Å²) in [5, 5.41) is 7.86. The van der Waals surface area contributed by atoms with Crippen LogP contribution in [0.1, 0.15) is 41.9 Å². The zero-order chi connectivity index (χ0) is 20.8. The molecule has 0 saturated carbocycles. The standard InChI is InChI=1S/C25H31N5.HI/c1-3-26-25(30-15-14-22(19-30)23-16-28-29(2)18-23)27-17-24(20-10-6-4-7-11-20)21-12-8-5-9-13-21;/h4-13,16,18,22,24H,3,14-15,17,19H2,1-2H3,(H,26,27);1H. The van der Waals surface area contributed by atoms with Crippen molar-refractivity contribution >= 4 is 29.9 Å². The SMILES string of the molecule is CCNC(=NCC(c1ccccc1)c1ccccc1)N1CCC(c2cnn(C)c2)C1.I. The second-order valence-electron chi connectivity index (χ2n) is 7.95. The smallest absolute Gasteiger partial charge is 0.193 e. The van der Waals surface area contributed by atoms with Gasteiger partial charge in [0.25, 0.3) is 0 Å². The molecule has 1 aliphatic rings. The number of guanidine groups is 1. The molecule has 2 heterocycles. The van der Waals surface area contributed by atoms with Gasteiger partial charge in [0.05, 0.1) is 12.7 Å². The van der Waals surface area contributed by atoms with E-state index in [1.54, 1.807) is 0 Å². The van der Waals surface area contributed by atoms with E-state index in [-0.39, 0.29) is 29.9 Å². The molecule has 6 heteroatoms. The Hall–Kier alpha value is -2.35. The van der Waals surface area contributed by atoms with Gasteiger partial charge in [-0.25, -0.2) is 0 Å². The van der Waals surface area contributed by atoms with Crippen LogP contribution in [0.15, 0.2) is 78.0 Å². The third kappa shape index (κ3) is 5.87. The topological polar surface area (TPSA) is 45.5 Å². The summed E-state index contributed by atoms with van der Waals surface area (Å²) in [6.07, 6.45) is 5.27. The van der Waals surface area contributed by atoms with Crippen molar-refractivity contribution in [3.63, 3.8) is 0 Å². The molecule has 1 aliphatic heterocycles. The predicted molar refractivity (Wildman–Crippen MR) is 138 cm³/mol. The highest BCUT2D eigenvalue weighted by atomic mass is 127. The van der Waals surface area contributed by atoms with Crippen molar-refractivity contribution in [2.24, 2.45) is 12.0 Å². The fraction of sp³-hybridized carbons (Fsp3) is 0.360. The zero-order valence-electron chi connectivity index (χ0n) is 18.3. The number of aryl methyl sites for hydroxylation is 1. The first-order chi connectivity index (χ1) is 14.7. The molecule has 1 unspecified atom stereocenters. The van der Waals surface area contributed by atoms with Gasteiger partial charge in [0.15, 0.2) is 5.96 Å². The Labute approximate surface area is 202 Å². The first-order valence-electron chi connectivity index (χ1n) is 10.9. The number of aromatic nitrogens is 2. The van der Waals surface area contributed by atoms with Crippen molar-refractivity contribution in [2.45, 2.75) is 25.2 Å². The Morgan fingerprint density at radius 1 is 1.10 bits per heavy atom. The maximum atomic E-state index is 5.09. The molecule has 1 aromatic heterocycles. The lowest BCUT2D eigenvalue weighted by Crippen LogP contribution is -2.40. The van der Waals surface area contributed by atoms with Gasteiger partial charge in [0.2, 0.25) is 0 Å². The van der Waals surface area contributed by atoms with Gasteiger partial charge >= 0.3 is 0 Å². The van der Waals surface area contributed by atoms with Crippen LogP contribution in [-0.2, 0) is 7.05 Å². The fourth-order valence-electron chi connectivity index (χ4n) is 4.25. The van der Waals surface area contributed by atoms with Crippen LogP contribution in [0.25, 0.3) is 0 Å². The van der Waals surface area contributed by atoms with E-state index in [2.05, 4.69) is 89.1 Å². The fourth-order valence-corrected chi connectivity index (χ4v) is 4.25. The van der Waals surface area contributed by atoms with Crippen LogP contribution in [-0.4, -0.2) is 46.8 Å². The van der Waals surface area contributed by atoms with Crippen molar-refractivity contribution in [2.75, 3.05) is 26.2 Å². The van der Waals surface area contributed by atoms with E-state index in [9.17, 15) is 0 Å². The summed E-state index contributed by atoms with van der Waals surface area (Å²) in [6.45, 7) is 5.74. The summed E-state index contributed by atoms with van der Waals surface area (Å²) in [5.74, 6) is 1.78. The quantitative estimate of drug-likeness (QED) is 0.288. The lowest BCUT2D eigenvalue weighted by Gasteiger charge is -2.23. The van der Waals surface area contributed by atoms with E-state index in [0.29, 0.717) is 5.92 Å². The largest absolute Gasteiger partial charge is 0.357 e. The normalized spacial score (nSPS) is 16.4. The van der Waals surface area contributed by atoms with Crippen molar-refractivity contribution < 1.29 is 0 Å². The lowest BCUT2D eigenvalue weighted by atomic mass is 9.91. The van der Waals surface area contributed by atoms with E-state index >= 15 is 0 Å². The highest BCUT2D eigenvalue weighted by Crippen LogP contribution is 2.28. The number of hydrogen-bond donors (Lipinski definition) is 1. The second kappa shape index (κ2) is 11.3. The molecule has 1 saturated heterocycles. The molecule has 2 aromatic carbocycles. The Morgan fingerprint density at radius 2 is 1.74 bits per heavy atom. The van der Waals surface area contributed by atoms with E-state index < -0.39 is 0 Å². The van der Waals surface area contributed by atoms with Crippen LogP contribution < -0.4 is 5.32 Å². The molecular formula is C25H32IN5. The van der Waals surface area contributed by atoms with Gasteiger partial charge in [-0.2, -0.15) is 5.10 Å². The molecule has 1 N–H and O–H groups in total. The minimum Gasteiger partial charge on any atom is -0.357 e. The van der Waals surface area contributed by atoms with Gasteiger partial charge in [-0.3, -0.25) is 9.67 Å². The average molecular weight is 529 g/mol. The van der Waals surface area contributed by atoms with Gasteiger partial charge in [0, 0.05) is 44.7 Å². The summed E-state index contributed by atoms with van der Waals surface area (Å²) < 4.78 is 1.89. The molecule has 3 aromatic rings. The number of rotatable bonds is 6. The number of halogens is 1. The number of aliphatic imine (C=N–C) groups is 1. The van der Waals surface area contributed by atoms with Gasteiger partial charge in [-0.05, 0) is 30.0 Å². The molecule has 1 fully saturated rings. The third-order valence-corrected chi connectivity index (χ3v) is 5.85. The zero-order valence-corrected chi connectivity index (χ0v) is 20.6. The lowest BCUT2D eigenvalue weighted by molar-refractivity contribution is 0.485. The van der Waals surface area contributed by atoms with E-state index in [4.69, 9.17) is 4.99 Å². The van der Waals surface area contributed by atoms with Crippen molar-refractivity contribution in [3.8, 4) is 0 Å². The Bertz CT molecular complexity index is 915. The van der Waals surface area contributed by atoms with E-state index in [1.807, 2.05) is 17.9 Å². The van der Waals surface area contributed by atoms with Crippen LogP contribution in [0, 0.1) is 0 Å². The first-order valence-corrected chi connectivity index (χ1v) is 10.9. The number of nitrogens with zero attached hydrogens (tertiary/aromatic N) is 4. The summed E-state index contributed by atoms with van der Waals surface area (Å²) in [4.78, 5) is 7.49. The van der Waals surface area contributed by atoms with Crippen molar-refractivity contribution in [3.05, 3.63) is 89.7 Å². The Kier molecular flexibility index (Phi) is 8.51. The molecule has 164 valence electrons. The van der Waals surface area contributed by atoms with Crippen LogP contribution in [0.3, 0.4) is 0 Å². The number of likely N-dealkylation sites (tertiary alicyclic amines) is 1. The summed E-state index contributed by atoms with van der Waals surface area (Å²) in [5.41, 5.74) is 3.93. The second-order valence-corrected chi connectivity index (χ2v) is 7.95. The van der Waals surface area contributed by atoms with Crippen molar-refractivity contribution in [1.29, 1.82) is 0 Å². The van der Waals surface area contributed by atoms with E-state index in [1.165, 1.54) is 16.7 Å². The molecule has 0 spiro atoms. The number of hydrogen-bond acceptors (Lipinski definition) is 2. The maximum Gasteiger partial charge on any atom is 0.193 e. The van der Waals surface area contributed by atoms with Crippen molar-refractivity contribution in [1.82, 2.24) is 20.0 Å². The van der Waals surface area contributed by atoms with E-state index in [0.717, 1.165) is 38.6 Å². The predicted octanol–water partition coefficient (Wildman–Crippen LogP) is 4.63. The molecule has 31 heavy (non-hydrogen) atoms. The molecule has 1 atom stereocenters. The third-order valence-electron chi connectivity index (χ3n) is 5.85. The average Bonchev–Trinajstić information content (AvgIpc) is 3.44. The molecule has 0 radical (unpaired) electrons. The molecular weight excluding hydrogens is 497 g/mol. The molecule has 0 aliphatic carbocycles. The van der Waals surface area contributed by atoms with Crippen LogP contribution in [0.4, 0.5) is 0 Å². The molecule has 5 nitrogen and oxygen atoms in total. The summed E-state index contributed by atoms with van der Waals surface area (Å²) in [6, 6.07) is 21.4. The Balaban J connectivity index is 0.00000272. The first kappa shape index (κ1) is 23.3. The minimum atomic E-state index is 0. The summed E-state index contributed by atoms with van der Waals surface area (Å²) in [7, 11) is 1.98. The number of benzene rings is 2. The monoisotopic (exact) mass is 529 g/mol. The maximum absolute atomic E-state index is 5.09. The highest BCUT2D eigenvalue weighted by molar-refractivity contribution is 14.0. The Morgan fingerprint density at radius 3 is 2.29 bits per heavy atom. The van der Waals surface area contributed by atoms with Gasteiger partial charge < -0.3 is 10.2 Å². The van der Waals surface area contributed by atoms with Gasteiger partial charge in [0.1, 0.15) is 0 Å². The molecule has 0 amide bonds. The highest BCUT2D eigenvalue weighted by Gasteiger charge is 2.27.